The number of nitrogens with zero attached hydrogens (tertiary/aromatic N) is 3. The number of piperidine rings is 1. The molecule has 1 fully saturated rings. The number of β-amino-alcohol motifs (C(OH)–C–C–N with tert-alkyl or cyclic N) is 1. The van der Waals surface area contributed by atoms with E-state index in [0.717, 1.165) is 31.5 Å². The first-order chi connectivity index (χ1) is 11.6. The molecule has 1 aliphatic rings. The van der Waals surface area contributed by atoms with Crippen LogP contribution in [-0.2, 0) is 0 Å². The van der Waals surface area contributed by atoms with Crippen LogP contribution >= 0.6 is 11.6 Å². The Morgan fingerprint density at radius 3 is 2.88 bits per heavy atom. The van der Waals surface area contributed by atoms with Gasteiger partial charge in [-0.1, -0.05) is 17.7 Å². The molecule has 1 N–H and O–H groups in total. The average Bonchev–Trinajstić information content (AvgIpc) is 3.11. The molecule has 0 aliphatic carbocycles. The standard InChI is InChI=1S/C18H24ClN3O2/c1-14-2-3-17(19)18(10-14)24-12-16(23)11-21-7-4-15(5-8-21)22-9-6-20-13-22/h2-3,6,9-10,13,15-16,23H,4-5,7-8,11-12H2,1H3/t16-/m0/s1. The number of halogens is 1. The van der Waals surface area contributed by atoms with Gasteiger partial charge in [0.15, 0.2) is 0 Å². The molecule has 24 heavy (non-hydrogen) atoms. The first kappa shape index (κ1) is 17.3. The molecule has 0 amide bonds. The van der Waals surface area contributed by atoms with Crippen molar-refractivity contribution >= 4 is 11.6 Å². The zero-order valence-corrected chi connectivity index (χ0v) is 14.7. The third kappa shape index (κ3) is 4.50. The van der Waals surface area contributed by atoms with Crippen LogP contribution in [-0.4, -0.2) is 51.9 Å². The summed E-state index contributed by atoms with van der Waals surface area (Å²) in [4.78, 5) is 6.40. The Bertz CT molecular complexity index is 640. The van der Waals surface area contributed by atoms with E-state index in [9.17, 15) is 5.11 Å². The summed E-state index contributed by atoms with van der Waals surface area (Å²) in [5.41, 5.74) is 1.09. The summed E-state index contributed by atoms with van der Waals surface area (Å²) in [6, 6.07) is 6.17. The maximum absolute atomic E-state index is 10.2. The molecular weight excluding hydrogens is 326 g/mol. The highest BCUT2D eigenvalue weighted by Gasteiger charge is 2.22. The lowest BCUT2D eigenvalue weighted by atomic mass is 10.0. The van der Waals surface area contributed by atoms with Crippen LogP contribution in [0.15, 0.2) is 36.9 Å². The molecule has 0 radical (unpaired) electrons. The highest BCUT2D eigenvalue weighted by Crippen LogP contribution is 2.26. The first-order valence-electron chi connectivity index (χ1n) is 8.38. The van der Waals surface area contributed by atoms with Gasteiger partial charge < -0.3 is 19.3 Å². The Labute approximate surface area is 147 Å². The molecule has 5 nitrogen and oxygen atoms in total. The Kier molecular flexibility index (Phi) is 5.76. The number of likely N-dealkylation sites (tertiary alicyclic amines) is 1. The van der Waals surface area contributed by atoms with Gasteiger partial charge in [0.1, 0.15) is 18.5 Å². The minimum Gasteiger partial charge on any atom is -0.489 e. The number of hydrogen-bond acceptors (Lipinski definition) is 4. The molecule has 2 aromatic rings. The summed E-state index contributed by atoms with van der Waals surface area (Å²) in [5, 5.41) is 10.8. The van der Waals surface area contributed by atoms with Crippen LogP contribution in [0.25, 0.3) is 0 Å². The van der Waals surface area contributed by atoms with Crippen molar-refractivity contribution in [3.05, 3.63) is 47.5 Å². The normalized spacial score (nSPS) is 17.8. The van der Waals surface area contributed by atoms with Crippen molar-refractivity contribution < 1.29 is 9.84 Å². The van der Waals surface area contributed by atoms with E-state index in [1.165, 1.54) is 0 Å². The molecule has 1 saturated heterocycles. The van der Waals surface area contributed by atoms with Crippen LogP contribution in [0.2, 0.25) is 5.02 Å². The summed E-state index contributed by atoms with van der Waals surface area (Å²) >= 11 is 6.11. The van der Waals surface area contributed by atoms with Crippen molar-refractivity contribution in [2.24, 2.45) is 0 Å². The van der Waals surface area contributed by atoms with E-state index in [-0.39, 0.29) is 6.61 Å². The third-order valence-electron chi connectivity index (χ3n) is 4.49. The quantitative estimate of drug-likeness (QED) is 0.871. The SMILES string of the molecule is Cc1ccc(Cl)c(OC[C@@H](O)CN2CCC(n3ccnc3)CC2)c1. The van der Waals surface area contributed by atoms with Crippen molar-refractivity contribution in [2.75, 3.05) is 26.2 Å². The number of imidazole rings is 1. The van der Waals surface area contributed by atoms with Gasteiger partial charge in [0.25, 0.3) is 0 Å². The molecule has 3 rings (SSSR count). The molecule has 1 aromatic heterocycles. The Hall–Kier alpha value is -1.56. The van der Waals surface area contributed by atoms with E-state index >= 15 is 0 Å². The van der Waals surface area contributed by atoms with Crippen LogP contribution < -0.4 is 4.74 Å². The second-order valence-corrected chi connectivity index (χ2v) is 6.85. The van der Waals surface area contributed by atoms with Crippen LogP contribution in [0.3, 0.4) is 0 Å². The fraction of sp³-hybridized carbons (Fsp3) is 0.500. The molecule has 0 unspecified atom stereocenters. The van der Waals surface area contributed by atoms with Crippen molar-refractivity contribution in [2.45, 2.75) is 31.9 Å². The van der Waals surface area contributed by atoms with Crippen molar-refractivity contribution in [1.82, 2.24) is 14.5 Å². The monoisotopic (exact) mass is 349 g/mol. The van der Waals surface area contributed by atoms with Crippen molar-refractivity contribution in [3.8, 4) is 5.75 Å². The van der Waals surface area contributed by atoms with Gasteiger partial charge in [-0.3, -0.25) is 0 Å². The van der Waals surface area contributed by atoms with Crippen LogP contribution in [0, 0.1) is 6.92 Å². The number of hydrogen-bond donors (Lipinski definition) is 1. The van der Waals surface area contributed by atoms with E-state index in [2.05, 4.69) is 14.5 Å². The first-order valence-corrected chi connectivity index (χ1v) is 8.76. The van der Waals surface area contributed by atoms with Gasteiger partial charge in [-0.05, 0) is 37.5 Å². The average molecular weight is 350 g/mol. The molecule has 1 aromatic carbocycles. The lowest BCUT2D eigenvalue weighted by Crippen LogP contribution is -2.41. The molecule has 2 heterocycles. The minimum absolute atomic E-state index is 0.255. The van der Waals surface area contributed by atoms with Gasteiger partial charge in [-0.15, -0.1) is 0 Å². The molecule has 1 aliphatic heterocycles. The van der Waals surface area contributed by atoms with E-state index < -0.39 is 6.10 Å². The summed E-state index contributed by atoms with van der Waals surface area (Å²) < 4.78 is 7.86. The topological polar surface area (TPSA) is 50.5 Å². The smallest absolute Gasteiger partial charge is 0.138 e. The number of aromatic nitrogens is 2. The van der Waals surface area contributed by atoms with Gasteiger partial charge in [0.2, 0.25) is 0 Å². The highest BCUT2D eigenvalue weighted by atomic mass is 35.5. The largest absolute Gasteiger partial charge is 0.489 e. The van der Waals surface area contributed by atoms with Crippen LogP contribution in [0.4, 0.5) is 0 Å². The van der Waals surface area contributed by atoms with Crippen molar-refractivity contribution in [3.63, 3.8) is 0 Å². The molecule has 6 heteroatoms. The molecule has 0 spiro atoms. The summed E-state index contributed by atoms with van der Waals surface area (Å²) in [6.45, 7) is 4.82. The lowest BCUT2D eigenvalue weighted by Gasteiger charge is -2.33. The summed E-state index contributed by atoms with van der Waals surface area (Å²) in [5.74, 6) is 0.634. The molecule has 130 valence electrons. The predicted octanol–water partition coefficient (Wildman–Crippen LogP) is 2.92. The number of benzene rings is 1. The van der Waals surface area contributed by atoms with Crippen LogP contribution in [0.5, 0.6) is 5.75 Å². The maximum Gasteiger partial charge on any atom is 0.138 e. The van der Waals surface area contributed by atoms with Crippen molar-refractivity contribution in [1.29, 1.82) is 0 Å². The fourth-order valence-electron chi connectivity index (χ4n) is 3.14. The second kappa shape index (κ2) is 8.01. The van der Waals surface area contributed by atoms with Gasteiger partial charge >= 0.3 is 0 Å². The van der Waals surface area contributed by atoms with Crippen LogP contribution in [0.1, 0.15) is 24.4 Å². The molecule has 0 bridgehead atoms. The number of aliphatic hydroxyl groups is 1. The number of aliphatic hydroxyl groups excluding tert-OH is 1. The van der Waals surface area contributed by atoms with E-state index in [1.54, 1.807) is 0 Å². The zero-order valence-electron chi connectivity index (χ0n) is 13.9. The number of ether oxygens (including phenoxy) is 1. The van der Waals surface area contributed by atoms with E-state index in [0.29, 0.717) is 23.4 Å². The fourth-order valence-corrected chi connectivity index (χ4v) is 3.32. The van der Waals surface area contributed by atoms with Gasteiger partial charge in [0.05, 0.1) is 11.3 Å². The van der Waals surface area contributed by atoms with Gasteiger partial charge in [-0.2, -0.15) is 0 Å². The molecular formula is C18H24ClN3O2. The van der Waals surface area contributed by atoms with E-state index in [4.69, 9.17) is 16.3 Å². The summed E-state index contributed by atoms with van der Waals surface area (Å²) in [6.07, 6.45) is 7.36. The Balaban J connectivity index is 1.43. The number of aryl methyl sites for hydroxylation is 1. The predicted molar refractivity (Wildman–Crippen MR) is 94.6 cm³/mol. The maximum atomic E-state index is 10.2. The number of rotatable bonds is 6. The highest BCUT2D eigenvalue weighted by molar-refractivity contribution is 6.32. The molecule has 1 atom stereocenters. The molecule has 0 saturated carbocycles. The second-order valence-electron chi connectivity index (χ2n) is 6.44. The third-order valence-corrected chi connectivity index (χ3v) is 4.80. The minimum atomic E-state index is -0.522. The van der Waals surface area contributed by atoms with E-state index in [1.807, 2.05) is 43.8 Å². The Morgan fingerprint density at radius 2 is 2.17 bits per heavy atom. The zero-order chi connectivity index (χ0) is 16.9. The van der Waals surface area contributed by atoms with Gasteiger partial charge in [-0.25, -0.2) is 4.98 Å². The van der Waals surface area contributed by atoms with Gasteiger partial charge in [0, 0.05) is 38.1 Å². The summed E-state index contributed by atoms with van der Waals surface area (Å²) in [7, 11) is 0. The lowest BCUT2D eigenvalue weighted by molar-refractivity contribution is 0.0559. The Morgan fingerprint density at radius 1 is 1.38 bits per heavy atom.